The molecule has 0 saturated heterocycles. The summed E-state index contributed by atoms with van der Waals surface area (Å²) in [4.78, 5) is 11.0. The standard InChI is InChI=1S/C8H15BrO/c1-6(2)8(4-5-9)7(3)10/h6,8H,4-5H2,1-3H3. The maximum Gasteiger partial charge on any atom is 0.133 e. The van der Waals surface area contributed by atoms with Crippen LogP contribution in [-0.4, -0.2) is 11.1 Å². The van der Waals surface area contributed by atoms with Crippen LogP contribution < -0.4 is 0 Å². The van der Waals surface area contributed by atoms with E-state index in [1.54, 1.807) is 6.92 Å². The van der Waals surface area contributed by atoms with Gasteiger partial charge in [-0.15, -0.1) is 0 Å². The van der Waals surface area contributed by atoms with Gasteiger partial charge in [-0.3, -0.25) is 4.79 Å². The van der Waals surface area contributed by atoms with E-state index in [0.717, 1.165) is 11.8 Å². The second kappa shape index (κ2) is 4.89. The van der Waals surface area contributed by atoms with Gasteiger partial charge in [0, 0.05) is 11.2 Å². The molecular weight excluding hydrogens is 192 g/mol. The van der Waals surface area contributed by atoms with E-state index >= 15 is 0 Å². The highest BCUT2D eigenvalue weighted by Crippen LogP contribution is 2.16. The van der Waals surface area contributed by atoms with Crippen LogP contribution in [0.3, 0.4) is 0 Å². The number of hydrogen-bond acceptors (Lipinski definition) is 1. The molecule has 0 spiro atoms. The van der Waals surface area contributed by atoms with Crippen LogP contribution in [-0.2, 0) is 4.79 Å². The summed E-state index contributed by atoms with van der Waals surface area (Å²) >= 11 is 3.33. The Hall–Kier alpha value is 0.150. The van der Waals surface area contributed by atoms with Crippen molar-refractivity contribution in [2.24, 2.45) is 11.8 Å². The molecule has 0 aliphatic rings. The molecule has 0 N–H and O–H groups in total. The lowest BCUT2D eigenvalue weighted by Crippen LogP contribution is -2.17. The molecule has 0 aliphatic heterocycles. The molecule has 60 valence electrons. The lowest BCUT2D eigenvalue weighted by molar-refractivity contribution is -0.122. The summed E-state index contributed by atoms with van der Waals surface area (Å²) < 4.78 is 0. The number of ketones is 1. The molecule has 1 unspecified atom stereocenters. The van der Waals surface area contributed by atoms with Crippen LogP contribution in [0.2, 0.25) is 0 Å². The molecule has 0 saturated carbocycles. The van der Waals surface area contributed by atoms with Gasteiger partial charge in [0.15, 0.2) is 0 Å². The van der Waals surface area contributed by atoms with Crippen molar-refractivity contribution in [2.75, 3.05) is 5.33 Å². The molecule has 0 amide bonds. The van der Waals surface area contributed by atoms with Crippen molar-refractivity contribution in [3.8, 4) is 0 Å². The fourth-order valence-corrected chi connectivity index (χ4v) is 1.62. The fourth-order valence-electron chi connectivity index (χ4n) is 1.12. The SMILES string of the molecule is CC(=O)C(CCBr)C(C)C. The van der Waals surface area contributed by atoms with Crippen molar-refractivity contribution in [2.45, 2.75) is 27.2 Å². The molecule has 0 bridgehead atoms. The molecule has 1 nitrogen and oxygen atoms in total. The first-order valence-corrected chi connectivity index (χ1v) is 4.78. The van der Waals surface area contributed by atoms with Gasteiger partial charge in [0.25, 0.3) is 0 Å². The summed E-state index contributed by atoms with van der Waals surface area (Å²) in [5, 5.41) is 0.926. The molecule has 0 aromatic carbocycles. The number of hydrogen-bond donors (Lipinski definition) is 0. The van der Waals surface area contributed by atoms with E-state index < -0.39 is 0 Å². The Labute approximate surface area is 71.3 Å². The van der Waals surface area contributed by atoms with Gasteiger partial charge in [0.05, 0.1) is 0 Å². The van der Waals surface area contributed by atoms with Crippen molar-refractivity contribution in [1.29, 1.82) is 0 Å². The summed E-state index contributed by atoms with van der Waals surface area (Å²) in [6.07, 6.45) is 0.965. The van der Waals surface area contributed by atoms with Crippen molar-refractivity contribution in [1.82, 2.24) is 0 Å². The van der Waals surface area contributed by atoms with Gasteiger partial charge in [0.1, 0.15) is 5.78 Å². The first kappa shape index (κ1) is 10.2. The number of rotatable bonds is 4. The minimum atomic E-state index is 0.249. The molecule has 0 rings (SSSR count). The second-order valence-electron chi connectivity index (χ2n) is 2.94. The van der Waals surface area contributed by atoms with Gasteiger partial charge in [-0.1, -0.05) is 29.8 Å². The van der Waals surface area contributed by atoms with Crippen LogP contribution in [0.25, 0.3) is 0 Å². The molecule has 0 aliphatic carbocycles. The summed E-state index contributed by atoms with van der Waals surface area (Å²) in [5.41, 5.74) is 0. The predicted octanol–water partition coefficient (Wildman–Crippen LogP) is 2.63. The zero-order valence-corrected chi connectivity index (χ0v) is 8.44. The Kier molecular flexibility index (Phi) is 4.96. The van der Waals surface area contributed by atoms with E-state index in [1.165, 1.54) is 0 Å². The van der Waals surface area contributed by atoms with Crippen molar-refractivity contribution < 1.29 is 4.79 Å². The molecule has 0 fully saturated rings. The fraction of sp³-hybridized carbons (Fsp3) is 0.875. The average molecular weight is 207 g/mol. The Morgan fingerprint density at radius 2 is 2.00 bits per heavy atom. The number of alkyl halides is 1. The number of carbonyl (C=O) groups is 1. The van der Waals surface area contributed by atoms with E-state index in [4.69, 9.17) is 0 Å². The van der Waals surface area contributed by atoms with Gasteiger partial charge < -0.3 is 0 Å². The molecule has 0 radical (unpaired) electrons. The van der Waals surface area contributed by atoms with Crippen LogP contribution in [0.5, 0.6) is 0 Å². The molecule has 0 heterocycles. The first-order valence-electron chi connectivity index (χ1n) is 3.66. The smallest absolute Gasteiger partial charge is 0.133 e. The van der Waals surface area contributed by atoms with E-state index in [0.29, 0.717) is 11.7 Å². The first-order chi connectivity index (χ1) is 4.59. The largest absolute Gasteiger partial charge is 0.300 e. The van der Waals surface area contributed by atoms with Crippen LogP contribution >= 0.6 is 15.9 Å². The summed E-state index contributed by atoms with van der Waals surface area (Å²) in [6, 6.07) is 0. The maximum absolute atomic E-state index is 11.0. The lowest BCUT2D eigenvalue weighted by Gasteiger charge is -2.15. The topological polar surface area (TPSA) is 17.1 Å². The third kappa shape index (κ3) is 3.35. The Morgan fingerprint density at radius 3 is 2.10 bits per heavy atom. The highest BCUT2D eigenvalue weighted by atomic mass is 79.9. The molecule has 2 heteroatoms. The van der Waals surface area contributed by atoms with Gasteiger partial charge in [0.2, 0.25) is 0 Å². The number of Topliss-reactive ketones (excluding diaryl/α,β-unsaturated/α-hetero) is 1. The average Bonchev–Trinajstić information content (AvgIpc) is 1.81. The van der Waals surface area contributed by atoms with Gasteiger partial charge in [-0.2, -0.15) is 0 Å². The quantitative estimate of drug-likeness (QED) is 0.647. The van der Waals surface area contributed by atoms with E-state index in [2.05, 4.69) is 29.8 Å². The normalized spacial score (nSPS) is 13.7. The minimum absolute atomic E-state index is 0.249. The zero-order valence-electron chi connectivity index (χ0n) is 6.86. The Balaban J connectivity index is 3.85. The summed E-state index contributed by atoms with van der Waals surface area (Å²) in [5.74, 6) is 1.05. The molecular formula is C8H15BrO. The molecule has 0 aromatic rings. The second-order valence-corrected chi connectivity index (χ2v) is 3.73. The molecule has 10 heavy (non-hydrogen) atoms. The Bertz CT molecular complexity index is 110. The minimum Gasteiger partial charge on any atom is -0.300 e. The predicted molar refractivity (Wildman–Crippen MR) is 47.4 cm³/mol. The highest BCUT2D eigenvalue weighted by molar-refractivity contribution is 9.09. The lowest BCUT2D eigenvalue weighted by atomic mass is 9.90. The van der Waals surface area contributed by atoms with Crippen LogP contribution in [0, 0.1) is 11.8 Å². The third-order valence-electron chi connectivity index (χ3n) is 1.75. The van der Waals surface area contributed by atoms with Crippen molar-refractivity contribution >= 4 is 21.7 Å². The van der Waals surface area contributed by atoms with Crippen LogP contribution in [0.4, 0.5) is 0 Å². The maximum atomic E-state index is 11.0. The Morgan fingerprint density at radius 1 is 1.50 bits per heavy atom. The number of carbonyl (C=O) groups excluding carboxylic acids is 1. The van der Waals surface area contributed by atoms with Gasteiger partial charge in [-0.05, 0) is 19.3 Å². The van der Waals surface area contributed by atoms with Crippen molar-refractivity contribution in [3.05, 3.63) is 0 Å². The van der Waals surface area contributed by atoms with Crippen molar-refractivity contribution in [3.63, 3.8) is 0 Å². The zero-order chi connectivity index (χ0) is 8.15. The van der Waals surface area contributed by atoms with Gasteiger partial charge in [-0.25, -0.2) is 0 Å². The van der Waals surface area contributed by atoms with Crippen LogP contribution in [0.15, 0.2) is 0 Å². The monoisotopic (exact) mass is 206 g/mol. The van der Waals surface area contributed by atoms with Crippen LogP contribution in [0.1, 0.15) is 27.2 Å². The summed E-state index contributed by atoms with van der Waals surface area (Å²) in [7, 11) is 0. The van der Waals surface area contributed by atoms with Gasteiger partial charge >= 0.3 is 0 Å². The third-order valence-corrected chi connectivity index (χ3v) is 2.20. The van der Waals surface area contributed by atoms with E-state index in [1.807, 2.05) is 0 Å². The van der Waals surface area contributed by atoms with E-state index in [-0.39, 0.29) is 5.92 Å². The highest BCUT2D eigenvalue weighted by Gasteiger charge is 2.16. The summed E-state index contributed by atoms with van der Waals surface area (Å²) in [6.45, 7) is 5.86. The van der Waals surface area contributed by atoms with E-state index in [9.17, 15) is 4.79 Å². The molecule has 1 atom stereocenters. The number of halogens is 1. The molecule has 0 aromatic heterocycles.